The fraction of sp³-hybridized carbons (Fsp3) is 0.300. The number of hydrogen-bond acceptors (Lipinski definition) is 2. The number of halogens is 3. The zero-order chi connectivity index (χ0) is 18.3. The Hall–Kier alpha value is -1.51. The molecule has 25 heavy (non-hydrogen) atoms. The van der Waals surface area contributed by atoms with Gasteiger partial charge in [-0.15, -0.1) is 23.5 Å². The summed E-state index contributed by atoms with van der Waals surface area (Å²) < 4.78 is 38.2. The van der Waals surface area contributed by atoms with Crippen molar-refractivity contribution >= 4 is 23.5 Å². The molecule has 0 radical (unpaired) electrons. The molecule has 0 fully saturated rings. The highest BCUT2D eigenvalue weighted by Gasteiger charge is 2.29. The van der Waals surface area contributed by atoms with Crippen LogP contribution in [-0.2, 0) is 6.18 Å². The van der Waals surface area contributed by atoms with E-state index in [9.17, 15) is 13.2 Å². The summed E-state index contributed by atoms with van der Waals surface area (Å²) in [6, 6.07) is 12.9. The molecule has 0 unspecified atom stereocenters. The maximum absolute atomic E-state index is 12.6. The highest BCUT2D eigenvalue weighted by Crippen LogP contribution is 2.40. The molecule has 2 rings (SSSR count). The molecule has 0 aliphatic rings. The molecule has 0 spiro atoms. The van der Waals surface area contributed by atoms with Gasteiger partial charge in [0, 0.05) is 11.1 Å². The number of thioether (sulfide) groups is 2. The van der Waals surface area contributed by atoms with E-state index in [1.807, 2.05) is 41.7 Å². The lowest BCUT2D eigenvalue weighted by Crippen LogP contribution is -2.04. The molecule has 0 N–H and O–H groups in total. The number of hydrogen-bond donors (Lipinski definition) is 0. The second kappa shape index (κ2) is 9.26. The summed E-state index contributed by atoms with van der Waals surface area (Å²) in [5, 5.41) is 0. The first-order chi connectivity index (χ1) is 12.0. The van der Waals surface area contributed by atoms with E-state index in [4.69, 9.17) is 0 Å². The van der Waals surface area contributed by atoms with Crippen LogP contribution >= 0.6 is 23.5 Å². The topological polar surface area (TPSA) is 0 Å². The van der Waals surface area contributed by atoms with Crippen molar-refractivity contribution in [2.24, 2.45) is 0 Å². The lowest BCUT2D eigenvalue weighted by Gasteiger charge is -2.16. The van der Waals surface area contributed by atoms with Gasteiger partial charge in [-0.1, -0.05) is 43.9 Å². The minimum absolute atomic E-state index is 0.313. The largest absolute Gasteiger partial charge is 0.416 e. The van der Waals surface area contributed by atoms with Gasteiger partial charge in [0.25, 0.3) is 0 Å². The molecule has 0 aliphatic carbocycles. The first kappa shape index (κ1) is 19.8. The summed E-state index contributed by atoms with van der Waals surface area (Å²) in [6.45, 7) is 4.26. The molecular formula is C20H19F3S2. The van der Waals surface area contributed by atoms with Crippen LogP contribution in [0.25, 0.3) is 0 Å². The summed E-state index contributed by atoms with van der Waals surface area (Å²) in [7, 11) is 0. The Balaban J connectivity index is 2.28. The fourth-order valence-electron chi connectivity index (χ4n) is 2.23. The Morgan fingerprint density at radius 1 is 0.880 bits per heavy atom. The molecule has 0 aromatic heterocycles. The van der Waals surface area contributed by atoms with E-state index in [-0.39, 0.29) is 0 Å². The van der Waals surface area contributed by atoms with Crippen LogP contribution in [0.15, 0.2) is 48.5 Å². The maximum Gasteiger partial charge on any atom is 0.416 e. The third-order valence-electron chi connectivity index (χ3n) is 3.40. The molecule has 0 aliphatic heterocycles. The quantitative estimate of drug-likeness (QED) is 0.423. The normalized spacial score (nSPS) is 11.3. The van der Waals surface area contributed by atoms with Crippen LogP contribution in [0.5, 0.6) is 0 Å². The second-order valence-corrected chi connectivity index (χ2v) is 8.22. The van der Waals surface area contributed by atoms with Crippen molar-refractivity contribution in [3.05, 3.63) is 70.8 Å². The Bertz CT molecular complexity index is 734. The molecule has 0 amide bonds. The van der Waals surface area contributed by atoms with Gasteiger partial charge in [0.1, 0.15) is 0 Å². The van der Waals surface area contributed by atoms with E-state index in [2.05, 4.69) is 31.8 Å². The monoisotopic (exact) mass is 380 g/mol. The Morgan fingerprint density at radius 2 is 1.48 bits per heavy atom. The smallest absolute Gasteiger partial charge is 0.166 e. The van der Waals surface area contributed by atoms with Gasteiger partial charge in [-0.3, -0.25) is 0 Å². The summed E-state index contributed by atoms with van der Waals surface area (Å²) >= 11 is 3.73. The molecule has 0 saturated carbocycles. The highest BCUT2D eigenvalue weighted by molar-refractivity contribution is 8.16. The van der Waals surface area contributed by atoms with Gasteiger partial charge in [-0.05, 0) is 47.4 Å². The van der Waals surface area contributed by atoms with Gasteiger partial charge in [0.05, 0.1) is 10.1 Å². The molecule has 5 heteroatoms. The number of rotatable bonds is 5. The molecular weight excluding hydrogens is 361 g/mol. The minimum Gasteiger partial charge on any atom is -0.166 e. The van der Waals surface area contributed by atoms with Crippen molar-refractivity contribution in [2.45, 2.75) is 24.6 Å². The van der Waals surface area contributed by atoms with Crippen molar-refractivity contribution in [2.75, 3.05) is 11.5 Å². The third-order valence-corrected chi connectivity index (χ3v) is 6.00. The van der Waals surface area contributed by atoms with Crippen LogP contribution in [-0.4, -0.2) is 11.5 Å². The van der Waals surface area contributed by atoms with Gasteiger partial charge in [-0.25, -0.2) is 0 Å². The zero-order valence-corrected chi connectivity index (χ0v) is 15.7. The molecule has 0 atom stereocenters. The van der Waals surface area contributed by atoms with Crippen LogP contribution in [0, 0.1) is 11.8 Å². The van der Waals surface area contributed by atoms with E-state index in [0.29, 0.717) is 10.1 Å². The van der Waals surface area contributed by atoms with Gasteiger partial charge in [-0.2, -0.15) is 13.2 Å². The molecule has 2 aromatic carbocycles. The standard InChI is InChI=1S/C20H19F3S2/c1-3-24-19(25-4-2)18-8-6-5-7-16(18)12-9-15-10-13-17(14-11-15)20(21,22)23/h5-8,10-11,13-14,19H,3-4H2,1-2H3. The van der Waals surface area contributed by atoms with E-state index in [1.165, 1.54) is 17.7 Å². The average Bonchev–Trinajstić information content (AvgIpc) is 2.60. The van der Waals surface area contributed by atoms with Crippen LogP contribution in [0.4, 0.5) is 13.2 Å². The summed E-state index contributed by atoms with van der Waals surface area (Å²) in [5.74, 6) is 8.13. The predicted molar refractivity (Wildman–Crippen MR) is 103 cm³/mol. The SMILES string of the molecule is CCSC(SCC)c1ccccc1C#Cc1ccc(C(F)(F)F)cc1. The zero-order valence-electron chi connectivity index (χ0n) is 14.1. The van der Waals surface area contributed by atoms with Crippen LogP contribution in [0.3, 0.4) is 0 Å². The van der Waals surface area contributed by atoms with E-state index in [0.717, 1.165) is 29.2 Å². The summed E-state index contributed by atoms with van der Waals surface area (Å²) in [6.07, 6.45) is -4.32. The molecule has 0 saturated heterocycles. The number of benzene rings is 2. The lowest BCUT2D eigenvalue weighted by atomic mass is 10.1. The molecule has 0 nitrogen and oxygen atoms in total. The molecule has 0 heterocycles. The van der Waals surface area contributed by atoms with Gasteiger partial charge < -0.3 is 0 Å². The van der Waals surface area contributed by atoms with E-state index < -0.39 is 11.7 Å². The Kier molecular flexibility index (Phi) is 7.34. The number of alkyl halides is 3. The van der Waals surface area contributed by atoms with Crippen LogP contribution in [0.2, 0.25) is 0 Å². The maximum atomic E-state index is 12.6. The van der Waals surface area contributed by atoms with Gasteiger partial charge in [0.15, 0.2) is 0 Å². The Morgan fingerprint density at radius 3 is 2.04 bits per heavy atom. The van der Waals surface area contributed by atoms with Crippen LogP contribution < -0.4 is 0 Å². The lowest BCUT2D eigenvalue weighted by molar-refractivity contribution is -0.137. The first-order valence-electron chi connectivity index (χ1n) is 7.97. The van der Waals surface area contributed by atoms with Crippen molar-refractivity contribution in [1.29, 1.82) is 0 Å². The Labute approximate surface area is 155 Å². The van der Waals surface area contributed by atoms with Gasteiger partial charge in [0.2, 0.25) is 0 Å². The van der Waals surface area contributed by atoms with Gasteiger partial charge >= 0.3 is 6.18 Å². The minimum atomic E-state index is -4.32. The molecule has 132 valence electrons. The average molecular weight is 381 g/mol. The third kappa shape index (κ3) is 5.76. The van der Waals surface area contributed by atoms with Crippen LogP contribution in [0.1, 0.15) is 40.7 Å². The van der Waals surface area contributed by atoms with Crippen molar-refractivity contribution in [1.82, 2.24) is 0 Å². The summed E-state index contributed by atoms with van der Waals surface area (Å²) in [4.78, 5) is 0. The fourth-order valence-corrected chi connectivity index (χ4v) is 4.81. The molecule has 2 aromatic rings. The second-order valence-electron chi connectivity index (χ2n) is 5.15. The highest BCUT2D eigenvalue weighted by atomic mass is 32.2. The van der Waals surface area contributed by atoms with E-state index >= 15 is 0 Å². The van der Waals surface area contributed by atoms with E-state index in [1.54, 1.807) is 0 Å². The van der Waals surface area contributed by atoms with Crippen molar-refractivity contribution < 1.29 is 13.2 Å². The van der Waals surface area contributed by atoms with Crippen molar-refractivity contribution in [3.63, 3.8) is 0 Å². The first-order valence-corrected chi connectivity index (χ1v) is 10.1. The van der Waals surface area contributed by atoms with Crippen molar-refractivity contribution in [3.8, 4) is 11.8 Å². The molecule has 0 bridgehead atoms. The predicted octanol–water partition coefficient (Wildman–Crippen LogP) is 6.61. The summed E-state index contributed by atoms with van der Waals surface area (Å²) in [5.41, 5.74) is 2.01.